The Hall–Kier alpha value is -1.79. The molecule has 0 saturated carbocycles. The number of nitrogens with one attached hydrogen (secondary N) is 1. The first-order valence-corrected chi connectivity index (χ1v) is 8.75. The van der Waals surface area contributed by atoms with Gasteiger partial charge >= 0.3 is 41.1 Å². The van der Waals surface area contributed by atoms with Gasteiger partial charge in [0.2, 0.25) is 9.84 Å². The lowest BCUT2D eigenvalue weighted by atomic mass is 9.99. The van der Waals surface area contributed by atoms with Gasteiger partial charge in [-0.3, -0.25) is 5.32 Å². The van der Waals surface area contributed by atoms with Crippen LogP contribution in [0.25, 0.3) is 0 Å². The standard InChI is InChI=1S/C12H10F13NO4S/c1-3-6(27)30-5(2)26-4-31(28,29)10(19,12(23,24)25)8(15,16)7(13,14)9(17,18)11(20,21)22/h3,5,26H,1,4H2,2H3. The largest absolute Gasteiger partial charge is 0.460 e. The molecule has 0 aliphatic heterocycles. The van der Waals surface area contributed by atoms with Crippen LogP contribution in [-0.4, -0.2) is 61.6 Å². The molecular weight excluding hydrogens is 501 g/mol. The Labute approximate surface area is 164 Å². The quantitative estimate of drug-likeness (QED) is 0.221. The molecule has 0 bridgehead atoms. The lowest BCUT2D eigenvalue weighted by Gasteiger charge is -2.40. The Balaban J connectivity index is 6.54. The van der Waals surface area contributed by atoms with Gasteiger partial charge in [-0.15, -0.1) is 0 Å². The first-order chi connectivity index (χ1) is 13.3. The van der Waals surface area contributed by atoms with Gasteiger partial charge in [-0.1, -0.05) is 6.58 Å². The zero-order chi connectivity index (χ0) is 25.5. The van der Waals surface area contributed by atoms with Crippen molar-refractivity contribution in [3.05, 3.63) is 12.7 Å². The number of ether oxygens (including phenoxy) is 1. The molecule has 5 nitrogen and oxygen atoms in total. The summed E-state index contributed by atoms with van der Waals surface area (Å²) in [4.78, 5) is 10.8. The third-order valence-electron chi connectivity index (χ3n) is 3.36. The van der Waals surface area contributed by atoms with E-state index in [1.54, 1.807) is 0 Å². The molecule has 0 fully saturated rings. The number of sulfone groups is 1. The van der Waals surface area contributed by atoms with E-state index in [2.05, 4.69) is 11.3 Å². The number of hydrogen-bond donors (Lipinski definition) is 1. The molecule has 0 aliphatic carbocycles. The van der Waals surface area contributed by atoms with E-state index in [4.69, 9.17) is 0 Å². The second-order valence-electron chi connectivity index (χ2n) is 5.56. The molecule has 0 aromatic carbocycles. The van der Waals surface area contributed by atoms with Gasteiger partial charge in [0.25, 0.3) is 0 Å². The molecule has 0 aromatic heterocycles. The van der Waals surface area contributed by atoms with Crippen LogP contribution in [0.15, 0.2) is 12.7 Å². The van der Waals surface area contributed by atoms with E-state index in [0.29, 0.717) is 13.0 Å². The van der Waals surface area contributed by atoms with Crippen LogP contribution < -0.4 is 5.32 Å². The van der Waals surface area contributed by atoms with E-state index in [0.717, 1.165) is 5.32 Å². The topological polar surface area (TPSA) is 72.5 Å². The maximum atomic E-state index is 14.2. The first kappa shape index (κ1) is 29.2. The molecule has 0 spiro atoms. The van der Waals surface area contributed by atoms with Gasteiger partial charge in [0.05, 0.1) is 0 Å². The number of halogens is 13. The highest BCUT2D eigenvalue weighted by Gasteiger charge is 2.93. The predicted octanol–water partition coefficient (Wildman–Crippen LogP) is 3.72. The Kier molecular flexibility index (Phi) is 7.81. The van der Waals surface area contributed by atoms with Crippen LogP contribution in [0.1, 0.15) is 6.92 Å². The number of carbonyl (C=O) groups is 1. The second-order valence-corrected chi connectivity index (χ2v) is 7.64. The van der Waals surface area contributed by atoms with E-state index in [1.165, 1.54) is 0 Å². The highest BCUT2D eigenvalue weighted by molar-refractivity contribution is 7.92. The van der Waals surface area contributed by atoms with Crippen molar-refractivity contribution in [2.45, 2.75) is 48.3 Å². The number of hydrogen-bond acceptors (Lipinski definition) is 5. The van der Waals surface area contributed by atoms with Gasteiger partial charge in [-0.25, -0.2) is 17.6 Å². The Morgan fingerprint density at radius 3 is 1.61 bits per heavy atom. The summed E-state index contributed by atoms with van der Waals surface area (Å²) >= 11 is 0. The van der Waals surface area contributed by atoms with Gasteiger partial charge in [0.1, 0.15) is 5.88 Å². The highest BCUT2D eigenvalue weighted by atomic mass is 32.2. The van der Waals surface area contributed by atoms with Gasteiger partial charge in [-0.05, 0) is 6.92 Å². The van der Waals surface area contributed by atoms with Crippen LogP contribution in [-0.2, 0) is 19.4 Å². The maximum absolute atomic E-state index is 14.2. The predicted molar refractivity (Wildman–Crippen MR) is 73.5 cm³/mol. The maximum Gasteiger partial charge on any atom is 0.460 e. The van der Waals surface area contributed by atoms with Crippen molar-refractivity contribution in [2.24, 2.45) is 0 Å². The molecule has 2 unspecified atom stereocenters. The van der Waals surface area contributed by atoms with E-state index >= 15 is 0 Å². The molecule has 184 valence electrons. The lowest BCUT2D eigenvalue weighted by molar-refractivity contribution is -0.420. The molecule has 0 radical (unpaired) electrons. The molecule has 0 rings (SSSR count). The van der Waals surface area contributed by atoms with Crippen molar-refractivity contribution in [1.29, 1.82) is 0 Å². The fourth-order valence-electron chi connectivity index (χ4n) is 1.72. The van der Waals surface area contributed by atoms with Crippen LogP contribution in [0.5, 0.6) is 0 Å². The van der Waals surface area contributed by atoms with Crippen molar-refractivity contribution in [3.8, 4) is 0 Å². The molecule has 0 aliphatic rings. The average molecular weight is 511 g/mol. The molecule has 31 heavy (non-hydrogen) atoms. The van der Waals surface area contributed by atoms with E-state index < -0.39 is 63.0 Å². The Morgan fingerprint density at radius 2 is 1.29 bits per heavy atom. The molecule has 2 atom stereocenters. The summed E-state index contributed by atoms with van der Waals surface area (Å²) in [6.07, 6.45) is -16.9. The summed E-state index contributed by atoms with van der Waals surface area (Å²) in [7, 11) is -7.41. The van der Waals surface area contributed by atoms with Crippen LogP contribution in [0.2, 0.25) is 0 Å². The fraction of sp³-hybridized carbons (Fsp3) is 0.750. The van der Waals surface area contributed by atoms with Crippen molar-refractivity contribution in [2.75, 3.05) is 5.88 Å². The van der Waals surface area contributed by atoms with Crippen molar-refractivity contribution >= 4 is 15.8 Å². The van der Waals surface area contributed by atoms with Crippen LogP contribution in [0.4, 0.5) is 57.1 Å². The number of carbonyl (C=O) groups excluding carboxylic acids is 1. The monoisotopic (exact) mass is 511 g/mol. The third-order valence-corrected chi connectivity index (χ3v) is 5.25. The Morgan fingerprint density at radius 1 is 0.871 bits per heavy atom. The fourth-order valence-corrected chi connectivity index (χ4v) is 3.24. The molecule has 0 amide bonds. The average Bonchev–Trinajstić information content (AvgIpc) is 2.56. The lowest BCUT2D eigenvalue weighted by Crippen LogP contribution is -2.73. The zero-order valence-corrected chi connectivity index (χ0v) is 15.3. The molecule has 19 heteroatoms. The van der Waals surface area contributed by atoms with Crippen molar-refractivity contribution < 1.29 is 75.0 Å². The number of alkyl halides is 13. The molecule has 0 heterocycles. The van der Waals surface area contributed by atoms with Crippen molar-refractivity contribution in [3.63, 3.8) is 0 Å². The molecule has 1 N–H and O–H groups in total. The summed E-state index contributed by atoms with van der Waals surface area (Å²) in [6, 6.07) is 0. The minimum Gasteiger partial charge on any atom is -0.444 e. The molecule has 0 aromatic rings. The van der Waals surface area contributed by atoms with Gasteiger partial charge < -0.3 is 4.74 Å². The zero-order valence-electron chi connectivity index (χ0n) is 14.5. The molecular formula is C12H10F13NO4S. The SMILES string of the molecule is C=CC(=O)OC(C)NCS(=O)(=O)C(F)(C(F)(F)F)C(F)(F)C(F)(F)C(F)(F)C(F)(F)F. The summed E-state index contributed by atoms with van der Waals surface area (Å²) in [5, 5.41) is -6.50. The van der Waals surface area contributed by atoms with Gasteiger partial charge in [-0.2, -0.15) is 52.7 Å². The van der Waals surface area contributed by atoms with Gasteiger partial charge in [0, 0.05) is 6.08 Å². The normalized spacial score (nSPS) is 17.6. The third kappa shape index (κ3) is 4.70. The van der Waals surface area contributed by atoms with E-state index in [9.17, 15) is 70.3 Å². The summed E-state index contributed by atoms with van der Waals surface area (Å²) < 4.78 is 196. The minimum absolute atomic E-state index is 0.399. The minimum atomic E-state index is -8.24. The second kappa shape index (κ2) is 8.28. The van der Waals surface area contributed by atoms with E-state index in [-0.39, 0.29) is 0 Å². The number of esters is 1. The smallest absolute Gasteiger partial charge is 0.444 e. The summed E-state index contributed by atoms with van der Waals surface area (Å²) in [5.41, 5.74) is 0. The highest BCUT2D eigenvalue weighted by Crippen LogP contribution is 2.61. The molecule has 0 saturated heterocycles. The van der Waals surface area contributed by atoms with Crippen LogP contribution in [0.3, 0.4) is 0 Å². The first-order valence-electron chi connectivity index (χ1n) is 7.09. The van der Waals surface area contributed by atoms with Crippen molar-refractivity contribution in [1.82, 2.24) is 5.32 Å². The van der Waals surface area contributed by atoms with Crippen LogP contribution >= 0.6 is 0 Å². The van der Waals surface area contributed by atoms with E-state index in [1.807, 2.05) is 0 Å². The summed E-state index contributed by atoms with van der Waals surface area (Å²) in [6.45, 7) is 3.43. The number of rotatable bonds is 9. The van der Waals surface area contributed by atoms with Crippen LogP contribution in [0, 0.1) is 0 Å². The Bertz CT molecular complexity index is 789. The van der Waals surface area contributed by atoms with Gasteiger partial charge in [0.15, 0.2) is 6.23 Å². The summed E-state index contributed by atoms with van der Waals surface area (Å²) in [5.74, 6) is -28.6.